The van der Waals surface area contributed by atoms with Crippen molar-refractivity contribution in [3.63, 3.8) is 0 Å². The Kier molecular flexibility index (Phi) is 10.9. The molecule has 0 atom stereocenters. The maximum Gasteiger partial charge on any atom is 0.421 e. The van der Waals surface area contributed by atoms with Crippen molar-refractivity contribution in [1.29, 1.82) is 0 Å². The fourth-order valence-electron chi connectivity index (χ4n) is 6.39. The molecule has 3 N–H and O–H groups in total. The number of aliphatic carboxylic acids is 1. The number of nitrogens with one attached hydrogen (secondary N) is 2. The molecule has 1 saturated carbocycles. The summed E-state index contributed by atoms with van der Waals surface area (Å²) in [5, 5.41) is 15.1. The normalized spacial score (nSPS) is 17.9. The van der Waals surface area contributed by atoms with Crippen LogP contribution >= 0.6 is 7.60 Å². The van der Waals surface area contributed by atoms with E-state index in [0.29, 0.717) is 48.7 Å². The third-order valence-corrected chi connectivity index (χ3v) is 10.8. The summed E-state index contributed by atoms with van der Waals surface area (Å²) in [4.78, 5) is 34.4. The topological polar surface area (TPSA) is 152 Å². The number of carbonyl (C=O) groups excluding carboxylic acids is 1. The molecule has 264 valence electrons. The Morgan fingerprint density at radius 3 is 2.35 bits per heavy atom. The summed E-state index contributed by atoms with van der Waals surface area (Å²) < 4.78 is 71.9. The number of carbonyl (C=O) groups is 2. The van der Waals surface area contributed by atoms with Crippen molar-refractivity contribution in [2.75, 3.05) is 38.0 Å². The van der Waals surface area contributed by atoms with Crippen LogP contribution in [0.3, 0.4) is 0 Å². The van der Waals surface area contributed by atoms with E-state index >= 15 is 0 Å². The van der Waals surface area contributed by atoms with Gasteiger partial charge >= 0.3 is 19.7 Å². The Morgan fingerprint density at radius 1 is 1.06 bits per heavy atom. The summed E-state index contributed by atoms with van der Waals surface area (Å²) in [6, 6.07) is 8.23. The van der Waals surface area contributed by atoms with Crippen molar-refractivity contribution < 1.29 is 46.2 Å². The zero-order valence-electron chi connectivity index (χ0n) is 27.6. The number of anilines is 4. The number of halogens is 3. The van der Waals surface area contributed by atoms with Gasteiger partial charge in [0, 0.05) is 19.8 Å². The molecular formula is C33H39F3N5O7P. The predicted molar refractivity (Wildman–Crippen MR) is 176 cm³/mol. The zero-order valence-corrected chi connectivity index (χ0v) is 28.5. The highest BCUT2D eigenvalue weighted by molar-refractivity contribution is 7.53. The second kappa shape index (κ2) is 14.7. The van der Waals surface area contributed by atoms with Gasteiger partial charge in [-0.05, 0) is 80.3 Å². The monoisotopic (exact) mass is 705 g/mol. The number of alkyl halides is 3. The quantitative estimate of drug-likeness (QED) is 0.150. The van der Waals surface area contributed by atoms with Gasteiger partial charge in [-0.25, -0.2) is 4.98 Å². The van der Waals surface area contributed by atoms with Crippen molar-refractivity contribution in [2.45, 2.75) is 64.3 Å². The molecule has 0 radical (unpaired) electrons. The van der Waals surface area contributed by atoms with Crippen LogP contribution in [0, 0.1) is 5.92 Å². The minimum Gasteiger partial charge on any atom is -0.495 e. The third-order valence-electron chi connectivity index (χ3n) is 8.71. The lowest BCUT2D eigenvalue weighted by Crippen LogP contribution is -2.21. The summed E-state index contributed by atoms with van der Waals surface area (Å²) in [7, 11) is -0.381. The fraction of sp³-hybridized carbons (Fsp3) is 0.455. The number of rotatable bonds is 13. The standard InChI is InChI=1S/C33H39F3N5O7P/c1-5-47-49(45,48-6-2)18-19-7-13-25(27(15-19)46-4)39-32-37-16-24(33(34,35)36)29(40-32)38-26-14-12-22(23-17-41(3)30(42)28(23)26)20-8-10-21(11-9-20)31(43)44/h7,12-16,20-21H,5-6,8-11,17-18H2,1-4H3,(H,43,44)(H2,37,38,39,40). The average Bonchev–Trinajstić information content (AvgIpc) is 3.35. The average molecular weight is 706 g/mol. The van der Waals surface area contributed by atoms with Crippen molar-refractivity contribution in [1.82, 2.24) is 14.9 Å². The maximum absolute atomic E-state index is 14.2. The molecule has 5 rings (SSSR count). The molecule has 2 heterocycles. The number of amides is 1. The van der Waals surface area contributed by atoms with Gasteiger partial charge in [-0.15, -0.1) is 0 Å². The predicted octanol–water partition coefficient (Wildman–Crippen LogP) is 7.70. The number of ether oxygens (including phenoxy) is 1. The lowest BCUT2D eigenvalue weighted by molar-refractivity contribution is -0.143. The Labute approximate surface area is 281 Å². The number of carboxylic acid groups (broad SMARTS) is 1. The molecule has 0 unspecified atom stereocenters. The lowest BCUT2D eigenvalue weighted by Gasteiger charge is -2.28. The van der Waals surface area contributed by atoms with E-state index in [2.05, 4.69) is 20.6 Å². The van der Waals surface area contributed by atoms with Crippen LogP contribution in [0.2, 0.25) is 0 Å². The van der Waals surface area contributed by atoms with Crippen LogP contribution in [-0.4, -0.2) is 59.2 Å². The van der Waals surface area contributed by atoms with Crippen molar-refractivity contribution in [2.24, 2.45) is 5.92 Å². The highest BCUT2D eigenvalue weighted by atomic mass is 31.2. The number of hydrogen-bond acceptors (Lipinski definition) is 10. The minimum atomic E-state index is -4.82. The summed E-state index contributed by atoms with van der Waals surface area (Å²) in [5.74, 6) is -1.99. The molecule has 1 aromatic heterocycles. The first-order valence-electron chi connectivity index (χ1n) is 15.9. The van der Waals surface area contributed by atoms with Gasteiger partial charge in [0.2, 0.25) is 5.95 Å². The molecule has 0 bridgehead atoms. The van der Waals surface area contributed by atoms with E-state index in [1.165, 1.54) is 12.0 Å². The number of carboxylic acids is 1. The second-order valence-corrected chi connectivity index (χ2v) is 14.0. The summed E-state index contributed by atoms with van der Waals surface area (Å²) in [6.45, 7) is 4.09. The van der Waals surface area contributed by atoms with Crippen LogP contribution in [0.15, 0.2) is 36.5 Å². The van der Waals surface area contributed by atoms with Crippen molar-refractivity contribution in [3.05, 3.63) is 64.3 Å². The first-order valence-corrected chi connectivity index (χ1v) is 17.7. The molecule has 3 aromatic rings. The third kappa shape index (κ3) is 8.00. The Hall–Kier alpha value is -4.20. The van der Waals surface area contributed by atoms with E-state index in [4.69, 9.17) is 13.8 Å². The number of hydrogen-bond donors (Lipinski definition) is 3. The Morgan fingerprint density at radius 2 is 1.73 bits per heavy atom. The fourth-order valence-corrected chi connectivity index (χ4v) is 8.08. The van der Waals surface area contributed by atoms with Gasteiger partial charge in [-0.3, -0.25) is 14.2 Å². The van der Waals surface area contributed by atoms with Gasteiger partial charge in [0.05, 0.1) is 49.3 Å². The molecule has 1 fully saturated rings. The van der Waals surface area contributed by atoms with E-state index in [1.807, 2.05) is 0 Å². The Bertz CT molecular complexity index is 1760. The van der Waals surface area contributed by atoms with E-state index in [1.54, 1.807) is 51.2 Å². The summed E-state index contributed by atoms with van der Waals surface area (Å²) >= 11 is 0. The smallest absolute Gasteiger partial charge is 0.421 e. The van der Waals surface area contributed by atoms with Crippen LogP contribution in [0.5, 0.6) is 5.75 Å². The molecule has 49 heavy (non-hydrogen) atoms. The van der Waals surface area contributed by atoms with E-state index < -0.39 is 37.0 Å². The molecule has 0 saturated heterocycles. The largest absolute Gasteiger partial charge is 0.495 e. The van der Waals surface area contributed by atoms with Crippen LogP contribution < -0.4 is 15.4 Å². The van der Waals surface area contributed by atoms with Crippen LogP contribution in [0.25, 0.3) is 0 Å². The number of nitrogens with zero attached hydrogens (tertiary/aromatic N) is 3. The van der Waals surface area contributed by atoms with Gasteiger partial charge in [-0.1, -0.05) is 12.1 Å². The SMILES string of the molecule is CCOP(=O)(Cc1ccc(Nc2ncc(C(F)(F)F)c(Nc3ccc(C4CCC(C(=O)O)CC4)c4c3C(=O)N(C)C4)n2)c(OC)c1)OCC. The highest BCUT2D eigenvalue weighted by Crippen LogP contribution is 2.52. The number of aromatic nitrogens is 2. The number of methoxy groups -OCH3 is 1. The first-order chi connectivity index (χ1) is 23.3. The van der Waals surface area contributed by atoms with Gasteiger partial charge in [0.1, 0.15) is 17.1 Å². The highest BCUT2D eigenvalue weighted by Gasteiger charge is 2.38. The van der Waals surface area contributed by atoms with Crippen molar-refractivity contribution >= 4 is 42.6 Å². The van der Waals surface area contributed by atoms with Crippen LogP contribution in [0.1, 0.15) is 78.1 Å². The molecule has 2 aromatic carbocycles. The maximum atomic E-state index is 14.2. The number of benzene rings is 2. The van der Waals surface area contributed by atoms with Crippen LogP contribution in [-0.2, 0) is 37.3 Å². The Balaban J connectivity index is 1.45. The van der Waals surface area contributed by atoms with E-state index in [9.17, 15) is 32.4 Å². The first kappa shape index (κ1) is 36.1. The second-order valence-electron chi connectivity index (χ2n) is 11.9. The molecule has 1 amide bonds. The minimum absolute atomic E-state index is 0.0171. The van der Waals surface area contributed by atoms with E-state index in [-0.39, 0.29) is 60.7 Å². The van der Waals surface area contributed by atoms with E-state index in [0.717, 1.165) is 5.56 Å². The van der Waals surface area contributed by atoms with Gasteiger partial charge in [0.15, 0.2) is 0 Å². The number of fused-ring (bicyclic) bond motifs is 1. The van der Waals surface area contributed by atoms with Gasteiger partial charge < -0.3 is 34.4 Å². The van der Waals surface area contributed by atoms with Crippen molar-refractivity contribution in [3.8, 4) is 5.75 Å². The lowest BCUT2D eigenvalue weighted by atomic mass is 9.77. The molecule has 0 spiro atoms. The summed E-state index contributed by atoms with van der Waals surface area (Å²) in [5.41, 5.74) is 1.82. The van der Waals surface area contributed by atoms with Gasteiger partial charge in [-0.2, -0.15) is 18.2 Å². The zero-order chi connectivity index (χ0) is 35.5. The molecular weight excluding hydrogens is 666 g/mol. The summed E-state index contributed by atoms with van der Waals surface area (Å²) in [6.07, 6.45) is -1.88. The van der Waals surface area contributed by atoms with Gasteiger partial charge in [0.25, 0.3) is 5.91 Å². The van der Waals surface area contributed by atoms with Crippen LogP contribution in [0.4, 0.5) is 36.3 Å². The molecule has 2 aliphatic rings. The molecule has 12 nitrogen and oxygen atoms in total. The molecule has 1 aliphatic carbocycles. The molecule has 16 heteroatoms. The molecule has 1 aliphatic heterocycles.